The van der Waals surface area contributed by atoms with Crippen molar-refractivity contribution in [1.82, 2.24) is 20.2 Å². The predicted octanol–water partition coefficient (Wildman–Crippen LogP) is 1.89. The number of hydrogen-bond donors (Lipinski definition) is 2. The number of halogens is 1. The molecule has 0 amide bonds. The zero-order valence-corrected chi connectivity index (χ0v) is 16.6. The highest BCUT2D eigenvalue weighted by Crippen LogP contribution is 2.15. The molecule has 0 fully saturated rings. The van der Waals surface area contributed by atoms with Crippen molar-refractivity contribution in [2.75, 3.05) is 18.6 Å². The predicted molar refractivity (Wildman–Crippen MR) is 105 cm³/mol. The van der Waals surface area contributed by atoms with E-state index in [9.17, 15) is 12.8 Å². The van der Waals surface area contributed by atoms with Gasteiger partial charge in [0.25, 0.3) is 0 Å². The second-order valence-electron chi connectivity index (χ2n) is 6.41. The van der Waals surface area contributed by atoms with Crippen LogP contribution in [0.2, 0.25) is 0 Å². The molecule has 1 atom stereocenters. The Morgan fingerprint density at radius 1 is 1.41 bits per heavy atom. The van der Waals surface area contributed by atoms with Crippen molar-refractivity contribution in [2.24, 2.45) is 4.99 Å². The smallest absolute Gasteiger partial charge is 0.191 e. The molecule has 0 spiro atoms. The summed E-state index contributed by atoms with van der Waals surface area (Å²) in [6.45, 7) is 4.81. The number of hydrogen-bond acceptors (Lipinski definition) is 4. The maximum atomic E-state index is 14.3. The van der Waals surface area contributed by atoms with Gasteiger partial charge in [-0.1, -0.05) is 6.07 Å². The molecule has 27 heavy (non-hydrogen) atoms. The minimum atomic E-state index is -3.00. The molecule has 0 radical (unpaired) electrons. The molecule has 1 aromatic heterocycles. The molecule has 1 aromatic carbocycles. The van der Waals surface area contributed by atoms with Crippen LogP contribution >= 0.6 is 0 Å². The lowest BCUT2D eigenvalue weighted by atomic mass is 10.2. The molecule has 0 aliphatic carbocycles. The van der Waals surface area contributed by atoms with Crippen LogP contribution in [0.1, 0.15) is 25.8 Å². The van der Waals surface area contributed by atoms with Gasteiger partial charge in [-0.05, 0) is 38.0 Å². The Kier molecular flexibility index (Phi) is 7.35. The average Bonchev–Trinajstić information content (AvgIpc) is 3.12. The summed E-state index contributed by atoms with van der Waals surface area (Å²) in [5.41, 5.74) is 1.16. The fourth-order valence-corrected chi connectivity index (χ4v) is 3.23. The van der Waals surface area contributed by atoms with Crippen molar-refractivity contribution in [3.05, 3.63) is 48.3 Å². The third-order valence-corrected chi connectivity index (χ3v) is 4.84. The Morgan fingerprint density at radius 2 is 2.19 bits per heavy atom. The molecule has 0 saturated heterocycles. The number of rotatable bonds is 8. The SMILES string of the molecule is CCNC(=NCc1ccc(-n2ccnc2)c(F)c1)NC(C)CCS(C)(=O)=O. The first kappa shape index (κ1) is 20.9. The van der Waals surface area contributed by atoms with Crippen LogP contribution in [0.5, 0.6) is 0 Å². The number of guanidine groups is 1. The summed E-state index contributed by atoms with van der Waals surface area (Å²) in [4.78, 5) is 8.38. The van der Waals surface area contributed by atoms with Crippen molar-refractivity contribution in [3.8, 4) is 5.69 Å². The molecule has 0 aliphatic heterocycles. The van der Waals surface area contributed by atoms with Crippen molar-refractivity contribution < 1.29 is 12.8 Å². The minimum Gasteiger partial charge on any atom is -0.357 e. The van der Waals surface area contributed by atoms with Crippen molar-refractivity contribution in [2.45, 2.75) is 32.9 Å². The van der Waals surface area contributed by atoms with Gasteiger partial charge in [0.15, 0.2) is 5.96 Å². The number of nitrogens with zero attached hydrogens (tertiary/aromatic N) is 3. The summed E-state index contributed by atoms with van der Waals surface area (Å²) in [6.07, 6.45) is 6.53. The van der Waals surface area contributed by atoms with Crippen LogP contribution in [-0.2, 0) is 16.4 Å². The summed E-state index contributed by atoms with van der Waals surface area (Å²) < 4.78 is 38.5. The van der Waals surface area contributed by atoms with E-state index in [4.69, 9.17) is 0 Å². The molecule has 0 aliphatic rings. The molecule has 9 heteroatoms. The van der Waals surface area contributed by atoms with Crippen LogP contribution in [0, 0.1) is 5.82 Å². The maximum Gasteiger partial charge on any atom is 0.191 e. The van der Waals surface area contributed by atoms with Gasteiger partial charge in [0.2, 0.25) is 0 Å². The number of benzene rings is 1. The van der Waals surface area contributed by atoms with Crippen LogP contribution in [0.15, 0.2) is 41.9 Å². The summed E-state index contributed by atoms with van der Waals surface area (Å²) >= 11 is 0. The van der Waals surface area contributed by atoms with E-state index < -0.39 is 9.84 Å². The van der Waals surface area contributed by atoms with Crippen LogP contribution in [0.25, 0.3) is 5.69 Å². The van der Waals surface area contributed by atoms with E-state index in [0.29, 0.717) is 31.2 Å². The van der Waals surface area contributed by atoms with E-state index in [1.807, 2.05) is 19.9 Å². The molecule has 1 heterocycles. The number of sulfone groups is 1. The zero-order chi connectivity index (χ0) is 19.9. The summed E-state index contributed by atoms with van der Waals surface area (Å²) in [5.74, 6) is 0.333. The molecular formula is C18H26FN5O2S. The second kappa shape index (κ2) is 9.50. The average molecular weight is 396 g/mol. The van der Waals surface area contributed by atoms with E-state index in [0.717, 1.165) is 5.56 Å². The van der Waals surface area contributed by atoms with E-state index in [1.165, 1.54) is 12.3 Å². The largest absolute Gasteiger partial charge is 0.357 e. The summed E-state index contributed by atoms with van der Waals surface area (Å²) in [7, 11) is -3.00. The molecule has 1 unspecified atom stereocenters. The standard InChI is InChI=1S/C18H26FN5O2S/c1-4-21-18(23-14(2)7-10-27(3,25)26)22-12-15-5-6-17(16(19)11-15)24-9-8-20-13-24/h5-6,8-9,11,13-14H,4,7,10,12H2,1-3H3,(H2,21,22,23). The highest BCUT2D eigenvalue weighted by Gasteiger charge is 2.10. The van der Waals surface area contributed by atoms with Crippen LogP contribution in [-0.4, -0.2) is 48.5 Å². The quantitative estimate of drug-likeness (QED) is 0.526. The van der Waals surface area contributed by atoms with Crippen LogP contribution in [0.3, 0.4) is 0 Å². The molecule has 0 saturated carbocycles. The van der Waals surface area contributed by atoms with E-state index in [1.54, 1.807) is 29.4 Å². The van der Waals surface area contributed by atoms with Gasteiger partial charge >= 0.3 is 0 Å². The lowest BCUT2D eigenvalue weighted by molar-refractivity contribution is 0.581. The zero-order valence-electron chi connectivity index (χ0n) is 15.8. The molecule has 2 rings (SSSR count). The fraction of sp³-hybridized carbons (Fsp3) is 0.444. The van der Waals surface area contributed by atoms with Gasteiger partial charge in [0, 0.05) is 31.2 Å². The first-order valence-corrected chi connectivity index (χ1v) is 10.8. The Balaban J connectivity index is 2.02. The monoisotopic (exact) mass is 395 g/mol. The number of imidazole rings is 1. The van der Waals surface area contributed by atoms with Gasteiger partial charge in [-0.15, -0.1) is 0 Å². The lowest BCUT2D eigenvalue weighted by Gasteiger charge is -2.17. The Labute approximate surface area is 159 Å². The number of aromatic nitrogens is 2. The van der Waals surface area contributed by atoms with Crippen LogP contribution < -0.4 is 10.6 Å². The van der Waals surface area contributed by atoms with E-state index >= 15 is 0 Å². The van der Waals surface area contributed by atoms with Crippen LogP contribution in [0.4, 0.5) is 4.39 Å². The van der Waals surface area contributed by atoms with Crippen molar-refractivity contribution >= 4 is 15.8 Å². The first-order chi connectivity index (χ1) is 12.8. The van der Waals surface area contributed by atoms with Gasteiger partial charge in [-0.3, -0.25) is 0 Å². The minimum absolute atomic E-state index is 0.0575. The van der Waals surface area contributed by atoms with Gasteiger partial charge in [0.05, 0.1) is 24.3 Å². The van der Waals surface area contributed by atoms with Gasteiger partial charge in [-0.2, -0.15) is 0 Å². The highest BCUT2D eigenvalue weighted by molar-refractivity contribution is 7.90. The Bertz CT molecular complexity index is 866. The molecule has 148 valence electrons. The fourth-order valence-electron chi connectivity index (χ4n) is 2.45. The molecule has 2 N–H and O–H groups in total. The van der Waals surface area contributed by atoms with Gasteiger partial charge in [-0.25, -0.2) is 22.8 Å². The third kappa shape index (κ3) is 7.01. The summed E-state index contributed by atoms with van der Waals surface area (Å²) in [6, 6.07) is 4.91. The van der Waals surface area contributed by atoms with Crippen molar-refractivity contribution in [1.29, 1.82) is 0 Å². The third-order valence-electron chi connectivity index (χ3n) is 3.86. The number of aliphatic imine (C=N–C) groups is 1. The van der Waals surface area contributed by atoms with E-state index in [-0.39, 0.29) is 17.6 Å². The van der Waals surface area contributed by atoms with Crippen molar-refractivity contribution in [3.63, 3.8) is 0 Å². The molecular weight excluding hydrogens is 369 g/mol. The topological polar surface area (TPSA) is 88.4 Å². The maximum absolute atomic E-state index is 14.3. The lowest BCUT2D eigenvalue weighted by Crippen LogP contribution is -2.42. The highest BCUT2D eigenvalue weighted by atomic mass is 32.2. The molecule has 0 bridgehead atoms. The second-order valence-corrected chi connectivity index (χ2v) is 8.67. The molecule has 2 aromatic rings. The Hall–Kier alpha value is -2.42. The van der Waals surface area contributed by atoms with Gasteiger partial charge < -0.3 is 15.2 Å². The Morgan fingerprint density at radius 3 is 2.78 bits per heavy atom. The molecule has 7 nitrogen and oxygen atoms in total. The summed E-state index contributed by atoms with van der Waals surface area (Å²) in [5, 5.41) is 6.29. The number of nitrogens with one attached hydrogen (secondary N) is 2. The normalized spacial score (nSPS) is 13.4. The first-order valence-electron chi connectivity index (χ1n) is 8.78. The van der Waals surface area contributed by atoms with E-state index in [2.05, 4.69) is 20.6 Å². The van der Waals surface area contributed by atoms with Gasteiger partial charge in [0.1, 0.15) is 15.7 Å².